The monoisotopic (exact) mass is 200 g/mol. The topological polar surface area (TPSA) is 43.4 Å². The average Bonchev–Trinajstić information content (AvgIpc) is 2.49. The minimum atomic E-state index is 0.365. The number of hydrogen-bond acceptors (Lipinski definition) is 5. The molecule has 0 bridgehead atoms. The second kappa shape index (κ2) is 4.04. The molecular formula is C8H12N2O2S. The molecule has 2 heterocycles. The lowest BCUT2D eigenvalue weighted by Gasteiger charge is -2.26. The maximum Gasteiger partial charge on any atom is 0.230 e. The summed E-state index contributed by atoms with van der Waals surface area (Å²) in [5.41, 5.74) is 1.04. The molecule has 0 unspecified atom stereocenters. The summed E-state index contributed by atoms with van der Waals surface area (Å²) < 4.78 is 14.7. The van der Waals surface area contributed by atoms with Crippen LogP contribution < -0.4 is 10.1 Å². The van der Waals surface area contributed by atoms with E-state index in [9.17, 15) is 0 Å². The van der Waals surface area contributed by atoms with E-state index in [0.717, 1.165) is 18.7 Å². The number of hydrogen-bond donors (Lipinski definition) is 1. The van der Waals surface area contributed by atoms with Gasteiger partial charge in [-0.25, -0.2) is 0 Å². The van der Waals surface area contributed by atoms with Crippen molar-refractivity contribution >= 4 is 11.5 Å². The highest BCUT2D eigenvalue weighted by atomic mass is 32.1. The molecule has 0 spiro atoms. The van der Waals surface area contributed by atoms with Gasteiger partial charge in [-0.05, 0) is 11.5 Å². The predicted molar refractivity (Wildman–Crippen MR) is 50.1 cm³/mol. The molecule has 4 nitrogen and oxygen atoms in total. The van der Waals surface area contributed by atoms with Crippen LogP contribution >= 0.6 is 11.5 Å². The van der Waals surface area contributed by atoms with Crippen LogP contribution in [-0.4, -0.2) is 30.7 Å². The predicted octanol–water partition coefficient (Wildman–Crippen LogP) is 0.640. The summed E-state index contributed by atoms with van der Waals surface area (Å²) in [6.45, 7) is 2.52. The van der Waals surface area contributed by atoms with E-state index < -0.39 is 0 Å². The summed E-state index contributed by atoms with van der Waals surface area (Å²) in [4.78, 5) is 0. The van der Waals surface area contributed by atoms with E-state index in [1.807, 2.05) is 5.38 Å². The molecule has 0 aliphatic carbocycles. The Morgan fingerprint density at radius 2 is 2.54 bits per heavy atom. The summed E-state index contributed by atoms with van der Waals surface area (Å²) >= 11 is 1.40. The van der Waals surface area contributed by atoms with Crippen molar-refractivity contribution in [1.29, 1.82) is 0 Å². The van der Waals surface area contributed by atoms with E-state index in [4.69, 9.17) is 9.47 Å². The lowest BCUT2D eigenvalue weighted by atomic mass is 10.2. The van der Waals surface area contributed by atoms with Gasteiger partial charge >= 0.3 is 0 Å². The minimum Gasteiger partial charge on any atom is -0.480 e. The molecule has 1 aromatic rings. The zero-order valence-electron chi connectivity index (χ0n) is 7.45. The molecule has 1 N–H and O–H groups in total. The number of ether oxygens (including phenoxy) is 2. The highest BCUT2D eigenvalue weighted by Crippen LogP contribution is 2.20. The molecule has 0 radical (unpaired) electrons. The van der Waals surface area contributed by atoms with Gasteiger partial charge in [-0.3, -0.25) is 0 Å². The lowest BCUT2D eigenvalue weighted by Crippen LogP contribution is -2.48. The highest BCUT2D eigenvalue weighted by molar-refractivity contribution is 7.03. The fourth-order valence-electron chi connectivity index (χ4n) is 1.10. The molecule has 72 valence electrons. The molecule has 0 saturated carbocycles. The highest BCUT2D eigenvalue weighted by Gasteiger charge is 2.18. The first-order valence-electron chi connectivity index (χ1n) is 4.19. The Hall–Kier alpha value is -0.650. The molecule has 2 rings (SSSR count). The summed E-state index contributed by atoms with van der Waals surface area (Å²) in [6, 6.07) is 0. The largest absolute Gasteiger partial charge is 0.480 e. The van der Waals surface area contributed by atoms with Gasteiger partial charge in [-0.15, -0.1) is 0 Å². The van der Waals surface area contributed by atoms with Crippen LogP contribution in [0.15, 0.2) is 5.38 Å². The standard InChI is InChI=1S/C8H12N2O2S/c1-11-8-6(5-13-10-8)4-12-7-2-9-3-7/h5,7,9H,2-4H2,1H3. The molecule has 1 aliphatic heterocycles. The molecule has 1 fully saturated rings. The molecular weight excluding hydrogens is 188 g/mol. The first kappa shape index (κ1) is 8.93. The van der Waals surface area contributed by atoms with Crippen LogP contribution in [0.25, 0.3) is 0 Å². The van der Waals surface area contributed by atoms with E-state index in [1.54, 1.807) is 7.11 Å². The smallest absolute Gasteiger partial charge is 0.230 e. The molecule has 1 saturated heterocycles. The summed E-state index contributed by atoms with van der Waals surface area (Å²) in [5.74, 6) is 0.692. The van der Waals surface area contributed by atoms with Gasteiger partial charge < -0.3 is 14.8 Å². The van der Waals surface area contributed by atoms with E-state index in [1.165, 1.54) is 11.5 Å². The van der Waals surface area contributed by atoms with Gasteiger partial charge in [0.2, 0.25) is 5.88 Å². The molecule has 5 heteroatoms. The zero-order chi connectivity index (χ0) is 9.10. The quantitative estimate of drug-likeness (QED) is 0.774. The zero-order valence-corrected chi connectivity index (χ0v) is 8.26. The van der Waals surface area contributed by atoms with Crippen LogP contribution in [0.1, 0.15) is 5.56 Å². The molecule has 0 aromatic carbocycles. The van der Waals surface area contributed by atoms with Crippen LogP contribution in [0.2, 0.25) is 0 Å². The number of aromatic nitrogens is 1. The van der Waals surface area contributed by atoms with Gasteiger partial charge in [0.1, 0.15) is 0 Å². The number of methoxy groups -OCH3 is 1. The van der Waals surface area contributed by atoms with Gasteiger partial charge in [0.05, 0.1) is 25.4 Å². The van der Waals surface area contributed by atoms with Gasteiger partial charge in [-0.2, -0.15) is 4.37 Å². The molecule has 1 aliphatic rings. The Labute approximate surface area is 81.0 Å². The summed E-state index contributed by atoms with van der Waals surface area (Å²) in [7, 11) is 1.63. The third-order valence-electron chi connectivity index (χ3n) is 2.02. The molecule has 1 aromatic heterocycles. The molecule has 0 amide bonds. The number of rotatable bonds is 4. The Balaban J connectivity index is 1.85. The van der Waals surface area contributed by atoms with E-state index in [2.05, 4.69) is 9.69 Å². The SMILES string of the molecule is COc1nscc1COC1CNC1. The molecule has 0 atom stereocenters. The number of nitrogens with zero attached hydrogens (tertiary/aromatic N) is 1. The third kappa shape index (κ3) is 1.99. The van der Waals surface area contributed by atoms with Crippen molar-refractivity contribution in [3.05, 3.63) is 10.9 Å². The molecule has 13 heavy (non-hydrogen) atoms. The van der Waals surface area contributed by atoms with Crippen LogP contribution in [0.5, 0.6) is 5.88 Å². The Morgan fingerprint density at radius 3 is 3.15 bits per heavy atom. The Morgan fingerprint density at radius 1 is 1.69 bits per heavy atom. The Kier molecular flexibility index (Phi) is 2.77. The second-order valence-corrected chi connectivity index (χ2v) is 3.57. The van der Waals surface area contributed by atoms with Crippen molar-refractivity contribution in [2.45, 2.75) is 12.7 Å². The lowest BCUT2D eigenvalue weighted by molar-refractivity contribution is 0.00687. The van der Waals surface area contributed by atoms with Crippen molar-refractivity contribution in [3.8, 4) is 5.88 Å². The van der Waals surface area contributed by atoms with Crippen molar-refractivity contribution < 1.29 is 9.47 Å². The Bertz CT molecular complexity index is 273. The van der Waals surface area contributed by atoms with Crippen molar-refractivity contribution in [2.75, 3.05) is 20.2 Å². The summed E-state index contributed by atoms with van der Waals surface area (Å²) in [6.07, 6.45) is 0.365. The van der Waals surface area contributed by atoms with Crippen molar-refractivity contribution in [3.63, 3.8) is 0 Å². The normalized spacial score (nSPS) is 17.0. The fraction of sp³-hybridized carbons (Fsp3) is 0.625. The maximum atomic E-state index is 5.59. The van der Waals surface area contributed by atoms with Crippen molar-refractivity contribution in [2.24, 2.45) is 0 Å². The second-order valence-electron chi connectivity index (χ2n) is 2.94. The van der Waals surface area contributed by atoms with Gasteiger partial charge in [0.25, 0.3) is 0 Å². The van der Waals surface area contributed by atoms with Crippen LogP contribution in [0.3, 0.4) is 0 Å². The van der Waals surface area contributed by atoms with Gasteiger partial charge in [0.15, 0.2) is 0 Å². The van der Waals surface area contributed by atoms with Gasteiger partial charge in [0, 0.05) is 18.5 Å². The van der Waals surface area contributed by atoms with Gasteiger partial charge in [-0.1, -0.05) is 0 Å². The van der Waals surface area contributed by atoms with E-state index in [-0.39, 0.29) is 0 Å². The average molecular weight is 200 g/mol. The van der Waals surface area contributed by atoms with E-state index in [0.29, 0.717) is 18.6 Å². The maximum absolute atomic E-state index is 5.59. The van der Waals surface area contributed by atoms with Crippen LogP contribution in [0.4, 0.5) is 0 Å². The van der Waals surface area contributed by atoms with Crippen LogP contribution in [0, 0.1) is 0 Å². The minimum absolute atomic E-state index is 0.365. The fourth-order valence-corrected chi connectivity index (χ4v) is 1.73. The summed E-state index contributed by atoms with van der Waals surface area (Å²) in [5, 5.41) is 5.11. The number of nitrogens with one attached hydrogen (secondary N) is 1. The first-order chi connectivity index (χ1) is 6.40. The first-order valence-corrected chi connectivity index (χ1v) is 5.03. The van der Waals surface area contributed by atoms with E-state index >= 15 is 0 Å². The van der Waals surface area contributed by atoms with Crippen molar-refractivity contribution in [1.82, 2.24) is 9.69 Å². The van der Waals surface area contributed by atoms with Crippen LogP contribution in [-0.2, 0) is 11.3 Å². The third-order valence-corrected chi connectivity index (χ3v) is 2.68.